The number of nitrogens with zero attached hydrogens (tertiary/aromatic N) is 2. The van der Waals surface area contributed by atoms with Crippen LogP contribution in [0.25, 0.3) is 0 Å². The number of aryl methyl sites for hydroxylation is 1. The van der Waals surface area contributed by atoms with E-state index in [4.69, 9.17) is 5.11 Å². The summed E-state index contributed by atoms with van der Waals surface area (Å²) in [5.41, 5.74) is 1.95. The van der Waals surface area contributed by atoms with Crippen molar-refractivity contribution in [1.29, 1.82) is 0 Å². The van der Waals surface area contributed by atoms with Crippen LogP contribution < -0.4 is 0 Å². The van der Waals surface area contributed by atoms with E-state index in [-0.39, 0.29) is 11.1 Å². The van der Waals surface area contributed by atoms with Crippen molar-refractivity contribution in [3.05, 3.63) is 17.0 Å². The van der Waals surface area contributed by atoms with Gasteiger partial charge in [-0.2, -0.15) is 5.10 Å². The Kier molecular flexibility index (Phi) is 2.88. The maximum absolute atomic E-state index is 11.0. The predicted molar refractivity (Wildman–Crippen MR) is 58.2 cm³/mol. The van der Waals surface area contributed by atoms with Crippen LogP contribution in [0.3, 0.4) is 0 Å². The highest BCUT2D eigenvalue weighted by atomic mass is 16.4. The first-order chi connectivity index (χ1) is 6.79. The first kappa shape index (κ1) is 11.8. The minimum atomic E-state index is -0.946. The lowest BCUT2D eigenvalue weighted by Gasteiger charge is -2.20. The third kappa shape index (κ3) is 2.03. The highest BCUT2D eigenvalue weighted by molar-refractivity contribution is 5.87. The number of hydrogen-bond acceptors (Lipinski definition) is 2. The molecule has 4 nitrogen and oxygen atoms in total. The van der Waals surface area contributed by atoms with Gasteiger partial charge >= 0.3 is 5.97 Å². The van der Waals surface area contributed by atoms with E-state index in [9.17, 15) is 4.79 Å². The molecule has 0 fully saturated rings. The Morgan fingerprint density at radius 2 is 2.00 bits per heavy atom. The van der Waals surface area contributed by atoms with Gasteiger partial charge in [0.2, 0.25) is 0 Å². The van der Waals surface area contributed by atoms with Crippen LogP contribution >= 0.6 is 0 Å². The fourth-order valence-electron chi connectivity index (χ4n) is 2.01. The van der Waals surface area contributed by atoms with Gasteiger partial charge in [0.25, 0.3) is 0 Å². The molecule has 0 saturated heterocycles. The topological polar surface area (TPSA) is 55.1 Å². The van der Waals surface area contributed by atoms with Crippen LogP contribution in [0.15, 0.2) is 0 Å². The second-order valence-corrected chi connectivity index (χ2v) is 4.71. The van der Waals surface area contributed by atoms with Gasteiger partial charge in [0.05, 0.1) is 0 Å². The average Bonchev–Trinajstić information content (AvgIpc) is 2.41. The number of rotatable bonds is 2. The zero-order valence-corrected chi connectivity index (χ0v) is 9.96. The van der Waals surface area contributed by atoms with Crippen LogP contribution in [0.2, 0.25) is 0 Å². The van der Waals surface area contributed by atoms with Gasteiger partial charge in [0, 0.05) is 23.7 Å². The third-order valence-electron chi connectivity index (χ3n) is 2.41. The summed E-state index contributed by atoms with van der Waals surface area (Å²) in [5, 5.41) is 13.1. The summed E-state index contributed by atoms with van der Waals surface area (Å²) in [6.45, 7) is 8.15. The van der Waals surface area contributed by atoms with E-state index in [1.54, 1.807) is 11.7 Å². The van der Waals surface area contributed by atoms with Gasteiger partial charge in [-0.15, -0.1) is 0 Å². The van der Waals surface area contributed by atoms with Crippen LogP contribution in [0.1, 0.15) is 49.4 Å². The second kappa shape index (κ2) is 3.68. The Bertz CT molecular complexity index is 386. The van der Waals surface area contributed by atoms with E-state index in [0.717, 1.165) is 11.3 Å². The number of hydrogen-bond donors (Lipinski definition) is 1. The number of aromatic carboxylic acids is 1. The predicted octanol–water partition coefficient (Wildman–Crippen LogP) is 1.98. The molecule has 0 unspecified atom stereocenters. The number of carbonyl (C=O) groups is 1. The van der Waals surface area contributed by atoms with Crippen molar-refractivity contribution in [2.45, 2.75) is 39.5 Å². The fourth-order valence-corrected chi connectivity index (χ4v) is 2.01. The van der Waals surface area contributed by atoms with Crippen molar-refractivity contribution in [2.75, 3.05) is 0 Å². The normalized spacial score (nSPS) is 11.8. The van der Waals surface area contributed by atoms with Gasteiger partial charge in [-0.05, 0) is 6.42 Å². The van der Waals surface area contributed by atoms with Gasteiger partial charge < -0.3 is 5.11 Å². The number of carboxylic acids is 1. The van der Waals surface area contributed by atoms with E-state index >= 15 is 0 Å². The van der Waals surface area contributed by atoms with Gasteiger partial charge in [-0.25, -0.2) is 4.79 Å². The van der Waals surface area contributed by atoms with Crippen LogP contribution in [0, 0.1) is 0 Å². The summed E-state index contributed by atoms with van der Waals surface area (Å²) < 4.78 is 1.68. The molecule has 4 heteroatoms. The summed E-state index contributed by atoms with van der Waals surface area (Å²) >= 11 is 0. The van der Waals surface area contributed by atoms with Crippen LogP contribution in [-0.2, 0) is 18.9 Å². The molecule has 1 rings (SSSR count). The smallest absolute Gasteiger partial charge is 0.356 e. The monoisotopic (exact) mass is 210 g/mol. The molecule has 1 N–H and O–H groups in total. The molecular formula is C11H18N2O2. The maximum atomic E-state index is 11.0. The highest BCUT2D eigenvalue weighted by Gasteiger charge is 2.27. The van der Waals surface area contributed by atoms with Crippen molar-refractivity contribution < 1.29 is 9.90 Å². The molecule has 84 valence electrons. The molecule has 0 aliphatic carbocycles. The molecular weight excluding hydrogens is 192 g/mol. The summed E-state index contributed by atoms with van der Waals surface area (Å²) in [6, 6.07) is 0. The largest absolute Gasteiger partial charge is 0.476 e. The maximum Gasteiger partial charge on any atom is 0.356 e. The molecule has 0 atom stereocenters. The number of carboxylic acid groups (broad SMARTS) is 1. The van der Waals surface area contributed by atoms with E-state index < -0.39 is 5.97 Å². The highest BCUT2D eigenvalue weighted by Crippen LogP contribution is 2.27. The van der Waals surface area contributed by atoms with Crippen LogP contribution in [-0.4, -0.2) is 20.9 Å². The summed E-state index contributed by atoms with van der Waals surface area (Å²) in [7, 11) is 1.80. The summed E-state index contributed by atoms with van der Waals surface area (Å²) in [4.78, 5) is 11.0. The van der Waals surface area contributed by atoms with Crippen molar-refractivity contribution in [2.24, 2.45) is 7.05 Å². The van der Waals surface area contributed by atoms with Gasteiger partial charge in [-0.1, -0.05) is 27.7 Å². The Morgan fingerprint density at radius 1 is 1.47 bits per heavy atom. The molecule has 0 aromatic carbocycles. The van der Waals surface area contributed by atoms with Crippen molar-refractivity contribution in [1.82, 2.24) is 9.78 Å². The molecule has 0 radical (unpaired) electrons. The van der Waals surface area contributed by atoms with Crippen molar-refractivity contribution in [3.8, 4) is 0 Å². The molecule has 1 aromatic rings. The van der Waals surface area contributed by atoms with E-state index in [2.05, 4.69) is 25.9 Å². The Morgan fingerprint density at radius 3 is 2.33 bits per heavy atom. The Balaban J connectivity index is 3.45. The van der Waals surface area contributed by atoms with Gasteiger partial charge in [0.1, 0.15) is 0 Å². The third-order valence-corrected chi connectivity index (χ3v) is 2.41. The lowest BCUT2D eigenvalue weighted by molar-refractivity contribution is 0.0688. The molecule has 0 aliphatic heterocycles. The zero-order valence-electron chi connectivity index (χ0n) is 9.96. The Labute approximate surface area is 89.9 Å². The summed E-state index contributed by atoms with van der Waals surface area (Å²) in [6.07, 6.45) is 0.697. The first-order valence-corrected chi connectivity index (χ1v) is 5.08. The van der Waals surface area contributed by atoms with Crippen molar-refractivity contribution in [3.63, 3.8) is 0 Å². The van der Waals surface area contributed by atoms with E-state index in [1.807, 2.05) is 6.92 Å². The van der Waals surface area contributed by atoms with Crippen LogP contribution in [0.4, 0.5) is 0 Å². The molecule has 0 saturated carbocycles. The van der Waals surface area contributed by atoms with Crippen molar-refractivity contribution >= 4 is 5.97 Å². The van der Waals surface area contributed by atoms with Gasteiger partial charge in [0.15, 0.2) is 5.69 Å². The fraction of sp³-hybridized carbons (Fsp3) is 0.636. The molecule has 1 heterocycles. The second-order valence-electron chi connectivity index (χ2n) is 4.71. The molecule has 1 aromatic heterocycles. The quantitative estimate of drug-likeness (QED) is 0.812. The zero-order chi connectivity index (χ0) is 11.8. The average molecular weight is 210 g/mol. The van der Waals surface area contributed by atoms with Gasteiger partial charge in [-0.3, -0.25) is 4.68 Å². The Hall–Kier alpha value is -1.32. The lowest BCUT2D eigenvalue weighted by atomic mass is 9.87. The molecule has 15 heavy (non-hydrogen) atoms. The minimum absolute atomic E-state index is 0.0825. The van der Waals surface area contributed by atoms with E-state index in [0.29, 0.717) is 6.42 Å². The van der Waals surface area contributed by atoms with Crippen LogP contribution in [0.5, 0.6) is 0 Å². The van der Waals surface area contributed by atoms with E-state index in [1.165, 1.54) is 0 Å². The molecule has 0 amide bonds. The standard InChI is InChI=1S/C11H18N2O2/c1-6-7-8(10(14)15)12-13(5)9(7)11(2,3)4/h6H2,1-5H3,(H,14,15). The first-order valence-electron chi connectivity index (χ1n) is 5.08. The molecule has 0 spiro atoms. The number of aromatic nitrogens is 2. The lowest BCUT2D eigenvalue weighted by Crippen LogP contribution is -2.18. The summed E-state index contributed by atoms with van der Waals surface area (Å²) in [5.74, 6) is -0.946. The molecule has 0 aliphatic rings. The molecule has 0 bridgehead atoms. The SMILES string of the molecule is CCc1c(C(=O)O)nn(C)c1C(C)(C)C. The minimum Gasteiger partial charge on any atom is -0.476 e.